The third kappa shape index (κ3) is 7.73. The number of phenols is 1. The van der Waals surface area contributed by atoms with Gasteiger partial charge in [0.05, 0.1) is 13.1 Å². The van der Waals surface area contributed by atoms with E-state index in [2.05, 4.69) is 52.7 Å². The third-order valence-corrected chi connectivity index (χ3v) is 6.48. The zero-order valence-corrected chi connectivity index (χ0v) is 19.9. The minimum Gasteiger partial charge on any atom is -0.507 e. The quantitative estimate of drug-likeness (QED) is 0.623. The van der Waals surface area contributed by atoms with Crippen LogP contribution in [0.25, 0.3) is 0 Å². The number of hydrogen-bond acceptors (Lipinski definition) is 5. The summed E-state index contributed by atoms with van der Waals surface area (Å²) in [6, 6.07) is 4.15. The van der Waals surface area contributed by atoms with E-state index < -0.39 is 0 Å². The van der Waals surface area contributed by atoms with Crippen LogP contribution in [0.1, 0.15) is 76.0 Å². The van der Waals surface area contributed by atoms with Gasteiger partial charge in [-0.15, -0.1) is 0 Å². The minimum absolute atomic E-state index is 0.000478. The van der Waals surface area contributed by atoms with Gasteiger partial charge in [-0.1, -0.05) is 33.6 Å². The molecule has 5 heteroatoms. The highest BCUT2D eigenvalue weighted by Crippen LogP contribution is 2.29. The fourth-order valence-electron chi connectivity index (χ4n) is 4.40. The molecule has 1 N–H and O–H groups in total. The van der Waals surface area contributed by atoms with Gasteiger partial charge in [0.25, 0.3) is 0 Å². The van der Waals surface area contributed by atoms with Crippen molar-refractivity contribution in [1.82, 2.24) is 9.80 Å². The molecule has 1 aromatic carbocycles. The summed E-state index contributed by atoms with van der Waals surface area (Å²) in [5.74, 6) is 0.288. The summed E-state index contributed by atoms with van der Waals surface area (Å²) < 4.78 is 0. The van der Waals surface area contributed by atoms with E-state index >= 15 is 0 Å². The van der Waals surface area contributed by atoms with Crippen molar-refractivity contribution in [3.05, 3.63) is 28.8 Å². The fourth-order valence-corrected chi connectivity index (χ4v) is 4.40. The van der Waals surface area contributed by atoms with E-state index in [0.29, 0.717) is 0 Å². The lowest BCUT2D eigenvalue weighted by Crippen LogP contribution is -2.31. The summed E-state index contributed by atoms with van der Waals surface area (Å²) in [6.07, 6.45) is 11.6. The average Bonchev–Trinajstić information content (AvgIpc) is 2.76. The van der Waals surface area contributed by atoms with Crippen molar-refractivity contribution in [2.45, 2.75) is 64.7 Å². The second-order valence-corrected chi connectivity index (χ2v) is 10.1. The smallest absolute Gasteiger partial charge is 0.133 e. The van der Waals surface area contributed by atoms with E-state index in [1.54, 1.807) is 0 Å². The van der Waals surface area contributed by atoms with Crippen molar-refractivity contribution in [1.29, 1.82) is 0 Å². The topological polar surface area (TPSA) is 51.4 Å². The molecule has 0 unspecified atom stereocenters. The molecule has 0 atom stereocenters. The van der Waals surface area contributed by atoms with E-state index in [4.69, 9.17) is 0 Å². The molecule has 0 saturated carbocycles. The molecular formula is C26H42N4O. The Hall–Kier alpha value is -1.72. The number of hydrogen-bond donors (Lipinski definition) is 1. The Kier molecular flexibility index (Phi) is 9.09. The molecule has 31 heavy (non-hydrogen) atoms. The Morgan fingerprint density at radius 1 is 0.774 bits per heavy atom. The number of benzene rings is 1. The predicted octanol–water partition coefficient (Wildman–Crippen LogP) is 4.50. The Morgan fingerprint density at radius 2 is 1.19 bits per heavy atom. The molecule has 2 fully saturated rings. The van der Waals surface area contributed by atoms with Crippen LogP contribution in [0, 0.1) is 0 Å². The Balaban J connectivity index is 1.64. The van der Waals surface area contributed by atoms with E-state index in [-0.39, 0.29) is 11.2 Å². The van der Waals surface area contributed by atoms with E-state index in [9.17, 15) is 5.11 Å². The summed E-state index contributed by atoms with van der Waals surface area (Å²) >= 11 is 0. The lowest BCUT2D eigenvalue weighted by molar-refractivity contribution is 0.235. The fraction of sp³-hybridized carbons (Fsp3) is 0.692. The number of rotatable bonds is 8. The van der Waals surface area contributed by atoms with Crippen LogP contribution in [0.4, 0.5) is 0 Å². The highest BCUT2D eigenvalue weighted by Gasteiger charge is 2.18. The highest BCUT2D eigenvalue weighted by molar-refractivity contribution is 5.92. The number of nitrogens with zero attached hydrogens (tertiary/aromatic N) is 4. The standard InChI is InChI=1S/C26H42N4O/c1-26(2,3)24-18-22(20-27-10-16-29-12-6-4-7-13-29)25(31)23(19-24)21-28-11-17-30-14-8-5-9-15-30/h18-21,31H,4-17H2,1-3H3. The molecule has 2 aliphatic heterocycles. The van der Waals surface area contributed by atoms with Gasteiger partial charge in [0, 0.05) is 36.6 Å². The molecule has 0 aromatic heterocycles. The largest absolute Gasteiger partial charge is 0.507 e. The first-order valence-electron chi connectivity index (χ1n) is 12.3. The van der Waals surface area contributed by atoms with Gasteiger partial charge in [-0.2, -0.15) is 0 Å². The van der Waals surface area contributed by atoms with Crippen LogP contribution in [0.15, 0.2) is 22.1 Å². The van der Waals surface area contributed by atoms with Crippen LogP contribution < -0.4 is 0 Å². The van der Waals surface area contributed by atoms with Crippen molar-refractivity contribution in [2.75, 3.05) is 52.4 Å². The van der Waals surface area contributed by atoms with Gasteiger partial charge in [0.2, 0.25) is 0 Å². The third-order valence-electron chi connectivity index (χ3n) is 6.48. The van der Waals surface area contributed by atoms with Crippen LogP contribution in [-0.2, 0) is 5.41 Å². The van der Waals surface area contributed by atoms with Crippen LogP contribution in [0.3, 0.4) is 0 Å². The summed E-state index contributed by atoms with van der Waals surface area (Å²) in [5, 5.41) is 10.9. The zero-order valence-electron chi connectivity index (χ0n) is 19.9. The molecule has 0 amide bonds. The summed E-state index contributed by atoms with van der Waals surface area (Å²) in [6.45, 7) is 14.9. The minimum atomic E-state index is 0.000478. The molecular weight excluding hydrogens is 384 g/mol. The van der Waals surface area contributed by atoms with Crippen molar-refractivity contribution in [3.63, 3.8) is 0 Å². The molecule has 2 saturated heterocycles. The molecule has 3 rings (SSSR count). The molecule has 1 aromatic rings. The Morgan fingerprint density at radius 3 is 1.58 bits per heavy atom. The van der Waals surface area contributed by atoms with Gasteiger partial charge in [0.1, 0.15) is 5.75 Å². The van der Waals surface area contributed by atoms with Gasteiger partial charge < -0.3 is 14.9 Å². The van der Waals surface area contributed by atoms with Crippen molar-refractivity contribution < 1.29 is 5.11 Å². The van der Waals surface area contributed by atoms with Crippen LogP contribution >= 0.6 is 0 Å². The molecule has 0 radical (unpaired) electrons. The number of piperidine rings is 2. The molecule has 0 aliphatic carbocycles. The Bertz CT molecular complexity index is 685. The number of aliphatic imine (C=N–C) groups is 2. The monoisotopic (exact) mass is 426 g/mol. The highest BCUT2D eigenvalue weighted by atomic mass is 16.3. The zero-order chi connectivity index (χ0) is 22.1. The number of phenolic OH excluding ortho intramolecular Hbond substituents is 1. The Labute approximate surface area is 189 Å². The number of likely N-dealkylation sites (tertiary alicyclic amines) is 2. The van der Waals surface area contributed by atoms with Gasteiger partial charge in [-0.25, -0.2) is 0 Å². The maximum Gasteiger partial charge on any atom is 0.133 e. The van der Waals surface area contributed by atoms with Crippen LogP contribution in [-0.4, -0.2) is 79.7 Å². The first-order valence-corrected chi connectivity index (χ1v) is 12.3. The van der Waals surface area contributed by atoms with E-state index in [1.165, 1.54) is 70.3 Å². The molecule has 0 spiro atoms. The molecule has 2 heterocycles. The first-order chi connectivity index (χ1) is 14.9. The molecule has 5 nitrogen and oxygen atoms in total. The second-order valence-electron chi connectivity index (χ2n) is 10.1. The SMILES string of the molecule is CC(C)(C)c1cc(C=NCCN2CCCCC2)c(O)c(C=NCCN2CCCCC2)c1. The normalized spacial score (nSPS) is 19.6. The summed E-state index contributed by atoms with van der Waals surface area (Å²) in [7, 11) is 0. The van der Waals surface area contributed by atoms with Crippen LogP contribution in [0.2, 0.25) is 0 Å². The van der Waals surface area contributed by atoms with Crippen LogP contribution in [0.5, 0.6) is 5.75 Å². The van der Waals surface area contributed by atoms with Crippen molar-refractivity contribution >= 4 is 12.4 Å². The van der Waals surface area contributed by atoms with Crippen molar-refractivity contribution in [3.8, 4) is 5.75 Å². The molecule has 172 valence electrons. The maximum absolute atomic E-state index is 10.9. The van der Waals surface area contributed by atoms with Gasteiger partial charge in [0.15, 0.2) is 0 Å². The predicted molar refractivity (Wildman–Crippen MR) is 132 cm³/mol. The average molecular weight is 427 g/mol. The van der Waals surface area contributed by atoms with Gasteiger partial charge in [-0.05, 0) is 75.0 Å². The first kappa shape index (κ1) is 23.9. The molecule has 0 bridgehead atoms. The lowest BCUT2D eigenvalue weighted by Gasteiger charge is -2.25. The van der Waals surface area contributed by atoms with Gasteiger partial charge in [-0.3, -0.25) is 9.98 Å². The van der Waals surface area contributed by atoms with Gasteiger partial charge >= 0.3 is 0 Å². The lowest BCUT2D eigenvalue weighted by atomic mass is 9.85. The molecule has 2 aliphatic rings. The second kappa shape index (κ2) is 11.8. The summed E-state index contributed by atoms with van der Waals surface area (Å²) in [4.78, 5) is 14.3. The van der Waals surface area contributed by atoms with Crippen molar-refractivity contribution in [2.24, 2.45) is 9.98 Å². The summed E-state index contributed by atoms with van der Waals surface area (Å²) in [5.41, 5.74) is 2.79. The van der Waals surface area contributed by atoms with E-state index in [1.807, 2.05) is 12.4 Å². The maximum atomic E-state index is 10.9. The number of aromatic hydroxyl groups is 1. The van der Waals surface area contributed by atoms with E-state index in [0.717, 1.165) is 37.3 Å².